The molecular weight excluding hydrogens is 250 g/mol. The van der Waals surface area contributed by atoms with E-state index in [1.165, 1.54) is 5.56 Å². The zero-order chi connectivity index (χ0) is 13.8. The molecule has 0 aliphatic carbocycles. The van der Waals surface area contributed by atoms with E-state index in [-0.39, 0.29) is 0 Å². The zero-order valence-electron chi connectivity index (χ0n) is 11.4. The summed E-state index contributed by atoms with van der Waals surface area (Å²) >= 11 is 0. The van der Waals surface area contributed by atoms with Crippen LogP contribution in [0.2, 0.25) is 0 Å². The number of anilines is 1. The molecule has 1 aromatic heterocycles. The molecule has 1 aliphatic rings. The molecule has 1 aromatic carbocycles. The lowest BCUT2D eigenvalue weighted by Crippen LogP contribution is -2.36. The van der Waals surface area contributed by atoms with Crippen molar-refractivity contribution in [1.82, 2.24) is 10.3 Å². The number of phenolic OH excluding ortho intramolecular Hbond substituents is 1. The van der Waals surface area contributed by atoms with Gasteiger partial charge in [-0.1, -0.05) is 6.07 Å². The van der Waals surface area contributed by atoms with E-state index in [9.17, 15) is 5.11 Å². The van der Waals surface area contributed by atoms with Gasteiger partial charge in [0.15, 0.2) is 0 Å². The maximum atomic E-state index is 9.45. The lowest BCUT2D eigenvalue weighted by atomic mass is 10.1. The number of aromatic nitrogens is 1. The van der Waals surface area contributed by atoms with Crippen LogP contribution in [0.4, 0.5) is 5.69 Å². The largest absolute Gasteiger partial charge is 0.508 e. The zero-order valence-corrected chi connectivity index (χ0v) is 11.4. The molecule has 1 atom stereocenters. The Morgan fingerprint density at radius 1 is 1.25 bits per heavy atom. The molecule has 20 heavy (non-hydrogen) atoms. The predicted molar refractivity (Wildman–Crippen MR) is 79.8 cm³/mol. The molecule has 2 aromatic rings. The molecular formula is C16H19N3O. The lowest BCUT2D eigenvalue weighted by molar-refractivity contribution is 0.475. The summed E-state index contributed by atoms with van der Waals surface area (Å²) in [6.07, 6.45) is 4.85. The van der Waals surface area contributed by atoms with E-state index in [1.807, 2.05) is 24.4 Å². The minimum Gasteiger partial charge on any atom is -0.508 e. The molecule has 0 saturated carbocycles. The number of hydrogen-bond acceptors (Lipinski definition) is 4. The monoisotopic (exact) mass is 269 g/mol. The molecule has 104 valence electrons. The van der Waals surface area contributed by atoms with E-state index in [0.717, 1.165) is 31.7 Å². The van der Waals surface area contributed by atoms with Crippen molar-refractivity contribution in [2.75, 3.05) is 18.0 Å². The highest BCUT2D eigenvalue weighted by Crippen LogP contribution is 2.24. The average Bonchev–Trinajstić information content (AvgIpc) is 3.01. The molecule has 0 spiro atoms. The van der Waals surface area contributed by atoms with Crippen molar-refractivity contribution in [3.63, 3.8) is 0 Å². The van der Waals surface area contributed by atoms with Crippen molar-refractivity contribution in [1.29, 1.82) is 0 Å². The van der Waals surface area contributed by atoms with Crippen LogP contribution < -0.4 is 10.2 Å². The number of nitrogens with zero attached hydrogens (tertiary/aromatic N) is 2. The summed E-state index contributed by atoms with van der Waals surface area (Å²) in [7, 11) is 0. The standard InChI is InChI=1S/C16H19N3O/c20-16-5-3-14(4-6-16)19(15-7-9-18-11-15)12-13-2-1-8-17-10-13/h1-6,8,10,15,18,20H,7,9,11-12H2/t15-/m0/s1. The smallest absolute Gasteiger partial charge is 0.115 e. The first-order valence-corrected chi connectivity index (χ1v) is 6.98. The summed E-state index contributed by atoms with van der Waals surface area (Å²) in [5, 5.41) is 12.9. The van der Waals surface area contributed by atoms with Gasteiger partial charge in [-0.05, 0) is 48.9 Å². The minimum atomic E-state index is 0.305. The molecule has 3 rings (SSSR count). The molecule has 4 nitrogen and oxygen atoms in total. The third-order valence-electron chi connectivity index (χ3n) is 3.73. The van der Waals surface area contributed by atoms with Gasteiger partial charge in [-0.25, -0.2) is 0 Å². The summed E-state index contributed by atoms with van der Waals surface area (Å²) in [5.74, 6) is 0.305. The van der Waals surface area contributed by atoms with Gasteiger partial charge in [0.1, 0.15) is 5.75 Å². The van der Waals surface area contributed by atoms with Crippen molar-refractivity contribution >= 4 is 5.69 Å². The molecule has 0 bridgehead atoms. The van der Waals surface area contributed by atoms with Gasteiger partial charge in [-0.2, -0.15) is 0 Å². The Bertz CT molecular complexity index is 535. The summed E-state index contributed by atoms with van der Waals surface area (Å²) in [5.41, 5.74) is 2.34. The molecule has 0 unspecified atom stereocenters. The molecule has 1 aliphatic heterocycles. The number of pyridine rings is 1. The fourth-order valence-corrected chi connectivity index (χ4v) is 2.67. The second-order valence-electron chi connectivity index (χ2n) is 5.15. The van der Waals surface area contributed by atoms with E-state index in [2.05, 4.69) is 21.3 Å². The van der Waals surface area contributed by atoms with Crippen LogP contribution in [0.15, 0.2) is 48.8 Å². The molecule has 0 radical (unpaired) electrons. The average molecular weight is 269 g/mol. The first-order chi connectivity index (χ1) is 9.83. The van der Waals surface area contributed by atoms with Crippen LogP contribution in [0.3, 0.4) is 0 Å². The second-order valence-corrected chi connectivity index (χ2v) is 5.15. The van der Waals surface area contributed by atoms with E-state index in [4.69, 9.17) is 0 Å². The van der Waals surface area contributed by atoms with Crippen molar-refractivity contribution in [2.24, 2.45) is 0 Å². The van der Waals surface area contributed by atoms with Crippen LogP contribution in [0.25, 0.3) is 0 Å². The van der Waals surface area contributed by atoms with Crippen LogP contribution >= 0.6 is 0 Å². The Morgan fingerprint density at radius 3 is 2.75 bits per heavy atom. The Kier molecular flexibility index (Phi) is 3.83. The summed E-state index contributed by atoms with van der Waals surface area (Å²) in [6, 6.07) is 12.0. The summed E-state index contributed by atoms with van der Waals surface area (Å²) in [4.78, 5) is 6.58. The maximum absolute atomic E-state index is 9.45. The van der Waals surface area contributed by atoms with Gasteiger partial charge < -0.3 is 15.3 Å². The van der Waals surface area contributed by atoms with Crippen LogP contribution in [-0.4, -0.2) is 29.2 Å². The van der Waals surface area contributed by atoms with Gasteiger partial charge in [-0.3, -0.25) is 4.98 Å². The van der Waals surface area contributed by atoms with Crippen molar-refractivity contribution in [2.45, 2.75) is 19.0 Å². The second kappa shape index (κ2) is 5.92. The number of benzene rings is 1. The first-order valence-electron chi connectivity index (χ1n) is 6.98. The third-order valence-corrected chi connectivity index (χ3v) is 3.73. The summed E-state index contributed by atoms with van der Waals surface area (Å²) in [6.45, 7) is 2.90. The Hall–Kier alpha value is -2.07. The number of hydrogen-bond donors (Lipinski definition) is 2. The van der Waals surface area contributed by atoms with Gasteiger partial charge in [0, 0.05) is 37.2 Å². The Morgan fingerprint density at radius 2 is 2.10 bits per heavy atom. The van der Waals surface area contributed by atoms with E-state index < -0.39 is 0 Å². The highest BCUT2D eigenvalue weighted by atomic mass is 16.3. The van der Waals surface area contributed by atoms with Crippen molar-refractivity contribution in [3.05, 3.63) is 54.4 Å². The van der Waals surface area contributed by atoms with Crippen LogP contribution in [0.1, 0.15) is 12.0 Å². The highest BCUT2D eigenvalue weighted by molar-refractivity contribution is 5.50. The Labute approximate surface area is 119 Å². The maximum Gasteiger partial charge on any atom is 0.115 e. The molecule has 2 heterocycles. The van der Waals surface area contributed by atoms with Gasteiger partial charge >= 0.3 is 0 Å². The number of phenols is 1. The van der Waals surface area contributed by atoms with E-state index >= 15 is 0 Å². The van der Waals surface area contributed by atoms with E-state index in [1.54, 1.807) is 18.3 Å². The quantitative estimate of drug-likeness (QED) is 0.893. The SMILES string of the molecule is Oc1ccc(N(Cc2cccnc2)[C@H]2CCNC2)cc1. The van der Waals surface area contributed by atoms with Gasteiger partial charge in [0.05, 0.1) is 0 Å². The molecule has 1 fully saturated rings. The molecule has 1 saturated heterocycles. The minimum absolute atomic E-state index is 0.305. The van der Waals surface area contributed by atoms with Gasteiger partial charge in [0.2, 0.25) is 0 Å². The van der Waals surface area contributed by atoms with Gasteiger partial charge in [0.25, 0.3) is 0 Å². The van der Waals surface area contributed by atoms with E-state index in [0.29, 0.717) is 11.8 Å². The first kappa shape index (κ1) is 12.9. The fourth-order valence-electron chi connectivity index (χ4n) is 2.67. The molecule has 0 amide bonds. The third kappa shape index (κ3) is 2.91. The topological polar surface area (TPSA) is 48.4 Å². The highest BCUT2D eigenvalue weighted by Gasteiger charge is 2.22. The van der Waals surface area contributed by atoms with Crippen molar-refractivity contribution < 1.29 is 5.11 Å². The summed E-state index contributed by atoms with van der Waals surface area (Å²) < 4.78 is 0. The normalized spacial score (nSPS) is 18.1. The van der Waals surface area contributed by atoms with Crippen LogP contribution in [0, 0.1) is 0 Å². The Balaban J connectivity index is 1.85. The lowest BCUT2D eigenvalue weighted by Gasteiger charge is -2.31. The number of nitrogens with one attached hydrogen (secondary N) is 1. The predicted octanol–water partition coefficient (Wildman–Crippen LogP) is 2.16. The van der Waals surface area contributed by atoms with Crippen molar-refractivity contribution in [3.8, 4) is 5.75 Å². The molecule has 2 N–H and O–H groups in total. The number of rotatable bonds is 4. The van der Waals surface area contributed by atoms with Crippen LogP contribution in [0.5, 0.6) is 5.75 Å². The fraction of sp³-hybridized carbons (Fsp3) is 0.312. The van der Waals surface area contributed by atoms with Crippen LogP contribution in [-0.2, 0) is 6.54 Å². The molecule has 4 heteroatoms. The van der Waals surface area contributed by atoms with Gasteiger partial charge in [-0.15, -0.1) is 0 Å². The number of aromatic hydroxyl groups is 1.